The number of hydrogen-bond donors (Lipinski definition) is 2. The summed E-state index contributed by atoms with van der Waals surface area (Å²) in [7, 11) is 1.93. The first kappa shape index (κ1) is 20.2. The summed E-state index contributed by atoms with van der Waals surface area (Å²) >= 11 is 0. The zero-order valence-corrected chi connectivity index (χ0v) is 17.8. The Balaban J connectivity index is 1.35. The standard InChI is InChI=1S/C24H23BFN5O/c25-19-14-29-31-22(11-21(30-23(19)31)18-3-1-2-4-20(18)26)27-12-16-7-9-17(10-8-16)24(32)28-13-15-5-6-15/h1-4,7-11,14-15,27H,5-6,12-13,25H2,(H,28,32). The van der Waals surface area contributed by atoms with Gasteiger partial charge in [-0.25, -0.2) is 9.37 Å². The first-order valence-corrected chi connectivity index (χ1v) is 10.8. The summed E-state index contributed by atoms with van der Waals surface area (Å²) in [6.07, 6.45) is 4.16. The minimum absolute atomic E-state index is 0.0335. The van der Waals surface area contributed by atoms with Gasteiger partial charge < -0.3 is 10.6 Å². The predicted molar refractivity (Wildman–Crippen MR) is 125 cm³/mol. The van der Waals surface area contributed by atoms with Crippen LogP contribution in [0.4, 0.5) is 10.2 Å². The summed E-state index contributed by atoms with van der Waals surface area (Å²) in [4.78, 5) is 16.9. The molecule has 1 aliphatic rings. The van der Waals surface area contributed by atoms with Crippen LogP contribution in [-0.2, 0) is 6.54 Å². The highest BCUT2D eigenvalue weighted by atomic mass is 19.1. The lowest BCUT2D eigenvalue weighted by molar-refractivity contribution is 0.0952. The summed E-state index contributed by atoms with van der Waals surface area (Å²) in [6, 6.07) is 16.0. The molecule has 5 rings (SSSR count). The molecule has 0 aliphatic heterocycles. The molecule has 0 saturated heterocycles. The van der Waals surface area contributed by atoms with Gasteiger partial charge in [0.25, 0.3) is 5.91 Å². The third-order valence-electron chi connectivity index (χ3n) is 5.74. The molecule has 160 valence electrons. The van der Waals surface area contributed by atoms with E-state index in [1.807, 2.05) is 32.1 Å². The highest BCUT2D eigenvalue weighted by molar-refractivity contribution is 6.36. The quantitative estimate of drug-likeness (QED) is 0.445. The molecule has 2 aromatic carbocycles. The number of nitrogens with one attached hydrogen (secondary N) is 2. The van der Waals surface area contributed by atoms with Crippen molar-refractivity contribution in [3.63, 3.8) is 0 Å². The second kappa shape index (κ2) is 8.46. The Morgan fingerprint density at radius 3 is 2.69 bits per heavy atom. The molecule has 0 atom stereocenters. The van der Waals surface area contributed by atoms with Gasteiger partial charge in [0.05, 0.1) is 5.69 Å². The number of hydrogen-bond acceptors (Lipinski definition) is 4. The molecule has 1 fully saturated rings. The summed E-state index contributed by atoms with van der Waals surface area (Å²) < 4.78 is 16.1. The number of benzene rings is 2. The van der Waals surface area contributed by atoms with Crippen molar-refractivity contribution in [1.82, 2.24) is 19.9 Å². The Labute approximate surface area is 186 Å². The average molecular weight is 427 g/mol. The van der Waals surface area contributed by atoms with Crippen LogP contribution in [0.25, 0.3) is 16.9 Å². The van der Waals surface area contributed by atoms with Crippen LogP contribution in [-0.4, -0.2) is 34.9 Å². The lowest BCUT2D eigenvalue weighted by Gasteiger charge is -2.12. The largest absolute Gasteiger partial charge is 0.366 e. The Kier molecular flexibility index (Phi) is 5.35. The van der Waals surface area contributed by atoms with E-state index < -0.39 is 0 Å². The number of carbonyl (C=O) groups is 1. The van der Waals surface area contributed by atoms with Gasteiger partial charge in [-0.2, -0.15) is 9.61 Å². The van der Waals surface area contributed by atoms with E-state index >= 15 is 0 Å². The third kappa shape index (κ3) is 4.21. The van der Waals surface area contributed by atoms with Gasteiger partial charge in [-0.15, -0.1) is 0 Å². The van der Waals surface area contributed by atoms with Gasteiger partial charge in [0.15, 0.2) is 5.65 Å². The molecule has 0 spiro atoms. The fourth-order valence-electron chi connectivity index (χ4n) is 3.63. The van der Waals surface area contributed by atoms with Crippen LogP contribution < -0.4 is 16.1 Å². The second-order valence-electron chi connectivity index (χ2n) is 8.27. The van der Waals surface area contributed by atoms with Crippen molar-refractivity contribution in [3.05, 3.63) is 77.7 Å². The summed E-state index contributed by atoms with van der Waals surface area (Å²) in [6.45, 7) is 1.28. The summed E-state index contributed by atoms with van der Waals surface area (Å²) in [5.41, 5.74) is 4.25. The molecule has 1 aliphatic carbocycles. The maximum absolute atomic E-state index is 14.4. The van der Waals surface area contributed by atoms with Crippen molar-refractivity contribution in [3.8, 4) is 11.3 Å². The van der Waals surface area contributed by atoms with Crippen molar-refractivity contribution >= 4 is 30.7 Å². The lowest BCUT2D eigenvalue weighted by atomic mass is 10.0. The molecule has 32 heavy (non-hydrogen) atoms. The van der Waals surface area contributed by atoms with Crippen molar-refractivity contribution in [1.29, 1.82) is 0 Å². The number of anilines is 1. The number of fused-ring (bicyclic) bond motifs is 1. The Morgan fingerprint density at radius 2 is 1.94 bits per heavy atom. The van der Waals surface area contributed by atoms with Gasteiger partial charge in [0.2, 0.25) is 0 Å². The zero-order valence-electron chi connectivity index (χ0n) is 17.8. The molecule has 0 unspecified atom stereocenters. The van der Waals surface area contributed by atoms with E-state index in [0.29, 0.717) is 40.7 Å². The minimum Gasteiger partial charge on any atom is -0.366 e. The molecular formula is C24H23BFN5O. The molecule has 2 N–H and O–H groups in total. The predicted octanol–water partition coefficient (Wildman–Crippen LogP) is 2.55. The number of amides is 1. The van der Waals surface area contributed by atoms with Crippen LogP contribution in [0.3, 0.4) is 0 Å². The molecule has 2 aromatic heterocycles. The highest BCUT2D eigenvalue weighted by Crippen LogP contribution is 2.27. The highest BCUT2D eigenvalue weighted by Gasteiger charge is 2.21. The van der Waals surface area contributed by atoms with E-state index in [1.165, 1.54) is 18.9 Å². The maximum atomic E-state index is 14.4. The topological polar surface area (TPSA) is 71.3 Å². The lowest BCUT2D eigenvalue weighted by Crippen LogP contribution is -2.25. The molecule has 1 saturated carbocycles. The van der Waals surface area contributed by atoms with Gasteiger partial charge in [0.1, 0.15) is 19.5 Å². The van der Waals surface area contributed by atoms with E-state index in [4.69, 9.17) is 0 Å². The van der Waals surface area contributed by atoms with Crippen molar-refractivity contribution in [2.75, 3.05) is 11.9 Å². The number of aromatic nitrogens is 3. The summed E-state index contributed by atoms with van der Waals surface area (Å²) in [5, 5.41) is 10.8. The van der Waals surface area contributed by atoms with E-state index in [1.54, 1.807) is 35.0 Å². The molecule has 8 heteroatoms. The Morgan fingerprint density at radius 1 is 1.16 bits per heavy atom. The Bertz CT molecular complexity index is 1280. The average Bonchev–Trinajstić information content (AvgIpc) is 3.58. The number of nitrogens with zero attached hydrogens (tertiary/aromatic N) is 3. The van der Waals surface area contributed by atoms with Crippen molar-refractivity contribution in [2.45, 2.75) is 19.4 Å². The van der Waals surface area contributed by atoms with Gasteiger partial charge in [-0.3, -0.25) is 4.79 Å². The molecular weight excluding hydrogens is 404 g/mol. The molecule has 6 nitrogen and oxygen atoms in total. The SMILES string of the molecule is Bc1cnn2c(NCc3ccc(C(=O)NCC4CC4)cc3)cc(-c3ccccc3F)nc12. The molecule has 0 radical (unpaired) electrons. The van der Waals surface area contributed by atoms with Gasteiger partial charge >= 0.3 is 0 Å². The fraction of sp³-hybridized carbons (Fsp3) is 0.208. The monoisotopic (exact) mass is 427 g/mol. The summed E-state index contributed by atoms with van der Waals surface area (Å²) in [5.74, 6) is 1.02. The molecule has 1 amide bonds. The fourth-order valence-corrected chi connectivity index (χ4v) is 3.63. The van der Waals surface area contributed by atoms with Gasteiger partial charge in [-0.05, 0) is 54.1 Å². The van der Waals surface area contributed by atoms with Crippen LogP contribution in [0.15, 0.2) is 60.8 Å². The third-order valence-corrected chi connectivity index (χ3v) is 5.74. The van der Waals surface area contributed by atoms with Crippen LogP contribution in [0.1, 0.15) is 28.8 Å². The maximum Gasteiger partial charge on any atom is 0.251 e. The van der Waals surface area contributed by atoms with Gasteiger partial charge in [-0.1, -0.05) is 24.3 Å². The smallest absolute Gasteiger partial charge is 0.251 e. The van der Waals surface area contributed by atoms with E-state index in [0.717, 1.165) is 17.6 Å². The first-order valence-electron chi connectivity index (χ1n) is 10.8. The zero-order chi connectivity index (χ0) is 22.1. The second-order valence-corrected chi connectivity index (χ2v) is 8.27. The van der Waals surface area contributed by atoms with Crippen molar-refractivity contribution in [2.24, 2.45) is 5.92 Å². The van der Waals surface area contributed by atoms with E-state index in [9.17, 15) is 9.18 Å². The number of rotatable bonds is 7. The van der Waals surface area contributed by atoms with Crippen LogP contribution in [0.2, 0.25) is 0 Å². The van der Waals surface area contributed by atoms with Crippen LogP contribution in [0.5, 0.6) is 0 Å². The van der Waals surface area contributed by atoms with Crippen LogP contribution >= 0.6 is 0 Å². The van der Waals surface area contributed by atoms with Gasteiger partial charge in [0, 0.05) is 36.5 Å². The Hall–Kier alpha value is -3.68. The van der Waals surface area contributed by atoms with E-state index in [-0.39, 0.29) is 11.7 Å². The number of carbonyl (C=O) groups excluding carboxylic acids is 1. The van der Waals surface area contributed by atoms with Crippen molar-refractivity contribution < 1.29 is 9.18 Å². The molecule has 2 heterocycles. The normalized spacial score (nSPS) is 13.3. The van der Waals surface area contributed by atoms with E-state index in [2.05, 4.69) is 20.7 Å². The molecule has 4 aromatic rings. The van der Waals surface area contributed by atoms with Crippen LogP contribution in [0, 0.1) is 11.7 Å². The minimum atomic E-state index is -0.317. The molecule has 0 bridgehead atoms. The number of halogens is 1. The first-order chi connectivity index (χ1) is 15.6.